The van der Waals surface area contributed by atoms with Gasteiger partial charge >= 0.3 is 0 Å². The van der Waals surface area contributed by atoms with Crippen molar-refractivity contribution in [3.05, 3.63) is 66.5 Å². The molecule has 29 heavy (non-hydrogen) atoms. The van der Waals surface area contributed by atoms with Crippen LogP contribution in [-0.4, -0.2) is 67.0 Å². The van der Waals surface area contributed by atoms with Gasteiger partial charge in [0.2, 0.25) is 0 Å². The van der Waals surface area contributed by atoms with E-state index in [4.69, 9.17) is 0 Å². The van der Waals surface area contributed by atoms with Crippen LogP contribution in [0.1, 0.15) is 16.8 Å². The first-order chi connectivity index (χ1) is 14.2. The summed E-state index contributed by atoms with van der Waals surface area (Å²) in [5, 5.41) is 5.18. The van der Waals surface area contributed by atoms with Crippen LogP contribution in [0.2, 0.25) is 0 Å². The van der Waals surface area contributed by atoms with E-state index in [9.17, 15) is 4.79 Å². The number of benzene rings is 2. The summed E-state index contributed by atoms with van der Waals surface area (Å²) >= 11 is 0. The lowest BCUT2D eigenvalue weighted by atomic mass is 9.96. The van der Waals surface area contributed by atoms with Gasteiger partial charge in [0.25, 0.3) is 5.91 Å². The summed E-state index contributed by atoms with van der Waals surface area (Å²) in [7, 11) is 2.17. The fourth-order valence-electron chi connectivity index (χ4n) is 3.96. The molecule has 2 heterocycles. The van der Waals surface area contributed by atoms with Crippen LogP contribution in [0.25, 0.3) is 21.9 Å². The minimum atomic E-state index is 0.000792. The number of hydrogen-bond acceptors (Lipinski definition) is 4. The first kappa shape index (κ1) is 19.6. The Morgan fingerprint density at radius 2 is 1.69 bits per heavy atom. The van der Waals surface area contributed by atoms with E-state index < -0.39 is 0 Å². The van der Waals surface area contributed by atoms with E-state index in [-0.39, 0.29) is 5.91 Å². The van der Waals surface area contributed by atoms with E-state index in [0.717, 1.165) is 66.6 Å². The number of nitrogens with zero attached hydrogens (tertiary/aromatic N) is 3. The highest BCUT2D eigenvalue weighted by Gasteiger charge is 2.14. The predicted molar refractivity (Wildman–Crippen MR) is 118 cm³/mol. The zero-order valence-electron chi connectivity index (χ0n) is 17.0. The molecular weight excluding hydrogens is 360 g/mol. The molecule has 2 aromatic carbocycles. The maximum Gasteiger partial charge on any atom is 0.251 e. The molecule has 1 fully saturated rings. The van der Waals surface area contributed by atoms with Crippen molar-refractivity contribution in [1.29, 1.82) is 0 Å². The van der Waals surface area contributed by atoms with E-state index in [1.807, 2.05) is 36.4 Å². The van der Waals surface area contributed by atoms with Crippen LogP contribution < -0.4 is 5.32 Å². The zero-order valence-corrected chi connectivity index (χ0v) is 17.0. The third-order valence-electron chi connectivity index (χ3n) is 5.69. The topological polar surface area (TPSA) is 48.5 Å². The van der Waals surface area contributed by atoms with Gasteiger partial charge in [-0.3, -0.25) is 9.78 Å². The average Bonchev–Trinajstić information content (AvgIpc) is 2.77. The summed E-state index contributed by atoms with van der Waals surface area (Å²) < 4.78 is 0. The molecule has 1 amide bonds. The molecule has 1 aliphatic rings. The number of nitrogens with one attached hydrogen (secondary N) is 1. The second kappa shape index (κ2) is 9.16. The lowest BCUT2D eigenvalue weighted by Crippen LogP contribution is -2.45. The summed E-state index contributed by atoms with van der Waals surface area (Å²) in [6, 6.07) is 16.1. The first-order valence-electron chi connectivity index (χ1n) is 10.3. The van der Waals surface area contributed by atoms with Crippen molar-refractivity contribution in [3.63, 3.8) is 0 Å². The molecule has 3 aromatic rings. The Morgan fingerprint density at radius 3 is 2.48 bits per heavy atom. The Labute approximate surface area is 172 Å². The summed E-state index contributed by atoms with van der Waals surface area (Å²) in [5.74, 6) is 0.000792. The quantitative estimate of drug-likeness (QED) is 0.659. The number of likely N-dealkylation sites (N-methyl/N-ethyl adjacent to an activating group) is 1. The third-order valence-corrected chi connectivity index (χ3v) is 5.69. The van der Waals surface area contributed by atoms with Crippen molar-refractivity contribution in [2.24, 2.45) is 0 Å². The van der Waals surface area contributed by atoms with E-state index >= 15 is 0 Å². The number of carbonyl (C=O) groups excluding carboxylic acids is 1. The number of piperazine rings is 1. The maximum atomic E-state index is 12.9. The van der Waals surface area contributed by atoms with Crippen LogP contribution in [0.15, 0.2) is 60.9 Å². The lowest BCUT2D eigenvalue weighted by Gasteiger charge is -2.32. The van der Waals surface area contributed by atoms with Crippen LogP contribution in [-0.2, 0) is 0 Å². The summed E-state index contributed by atoms with van der Waals surface area (Å²) in [6.45, 7) is 6.23. The van der Waals surface area contributed by atoms with Gasteiger partial charge in [0.1, 0.15) is 0 Å². The number of pyridine rings is 1. The molecule has 0 radical (unpaired) electrons. The molecule has 0 aliphatic carbocycles. The van der Waals surface area contributed by atoms with Gasteiger partial charge in [0.05, 0.1) is 0 Å². The van der Waals surface area contributed by atoms with Crippen LogP contribution >= 0.6 is 0 Å². The van der Waals surface area contributed by atoms with Crippen molar-refractivity contribution in [1.82, 2.24) is 20.1 Å². The number of fused-ring (bicyclic) bond motifs is 1. The minimum absolute atomic E-state index is 0.000792. The number of rotatable bonds is 6. The molecule has 1 aliphatic heterocycles. The first-order valence-corrected chi connectivity index (χ1v) is 10.3. The predicted octanol–water partition coefficient (Wildman–Crippen LogP) is 3.27. The highest BCUT2D eigenvalue weighted by molar-refractivity contribution is 6.10. The van der Waals surface area contributed by atoms with Gasteiger partial charge in [-0.25, -0.2) is 0 Å². The fraction of sp³-hybridized carbons (Fsp3) is 0.333. The average molecular weight is 389 g/mol. The second-order valence-electron chi connectivity index (χ2n) is 7.70. The van der Waals surface area contributed by atoms with Crippen molar-refractivity contribution < 1.29 is 4.79 Å². The standard InChI is InChI=1S/C24H28N4O/c1-27-15-17-28(18-16-27)14-4-11-26-24(29)23-8-3-6-21-20(5-2-7-22(21)23)19-9-12-25-13-10-19/h2-3,5-10,12-13H,4,11,14-18H2,1H3,(H,26,29). The van der Waals surface area contributed by atoms with Gasteiger partial charge in [-0.1, -0.05) is 30.3 Å². The molecule has 0 unspecified atom stereocenters. The molecular formula is C24H28N4O. The number of hydrogen-bond donors (Lipinski definition) is 1. The Bertz CT molecular complexity index is 965. The van der Waals surface area contributed by atoms with Gasteiger partial charge in [-0.15, -0.1) is 0 Å². The van der Waals surface area contributed by atoms with Crippen LogP contribution in [0.4, 0.5) is 0 Å². The van der Waals surface area contributed by atoms with E-state index in [1.54, 1.807) is 12.4 Å². The number of amides is 1. The highest BCUT2D eigenvalue weighted by Crippen LogP contribution is 2.30. The van der Waals surface area contributed by atoms with Crippen LogP contribution in [0.5, 0.6) is 0 Å². The van der Waals surface area contributed by atoms with Gasteiger partial charge < -0.3 is 15.1 Å². The molecule has 1 N–H and O–H groups in total. The summed E-state index contributed by atoms with van der Waals surface area (Å²) in [5.41, 5.74) is 2.96. The Balaban J connectivity index is 1.43. The van der Waals surface area contributed by atoms with Gasteiger partial charge in [-0.2, -0.15) is 0 Å². The molecule has 0 spiro atoms. The normalized spacial score (nSPS) is 15.5. The summed E-state index contributed by atoms with van der Waals surface area (Å²) in [6.07, 6.45) is 4.57. The Hall–Kier alpha value is -2.76. The second-order valence-corrected chi connectivity index (χ2v) is 7.70. The van der Waals surface area contributed by atoms with Gasteiger partial charge in [0, 0.05) is 50.7 Å². The lowest BCUT2D eigenvalue weighted by molar-refractivity contribution is 0.0951. The van der Waals surface area contributed by atoms with Crippen LogP contribution in [0.3, 0.4) is 0 Å². The number of aromatic nitrogens is 1. The molecule has 150 valence electrons. The van der Waals surface area contributed by atoms with Crippen molar-refractivity contribution in [2.75, 3.05) is 46.3 Å². The molecule has 0 saturated carbocycles. The van der Waals surface area contributed by atoms with Gasteiger partial charge in [-0.05, 0) is 60.1 Å². The van der Waals surface area contributed by atoms with E-state index in [0.29, 0.717) is 6.54 Å². The van der Waals surface area contributed by atoms with E-state index in [1.165, 1.54) is 0 Å². The molecule has 0 atom stereocenters. The Kier molecular flexibility index (Phi) is 6.17. The number of carbonyl (C=O) groups is 1. The monoisotopic (exact) mass is 388 g/mol. The molecule has 0 bridgehead atoms. The molecule has 1 saturated heterocycles. The third kappa shape index (κ3) is 4.63. The zero-order chi connectivity index (χ0) is 20.1. The smallest absolute Gasteiger partial charge is 0.251 e. The molecule has 1 aromatic heterocycles. The summed E-state index contributed by atoms with van der Waals surface area (Å²) in [4.78, 5) is 21.8. The Morgan fingerprint density at radius 1 is 0.966 bits per heavy atom. The SMILES string of the molecule is CN1CCN(CCCNC(=O)c2cccc3c(-c4ccncc4)cccc23)CC1. The molecule has 4 rings (SSSR count). The fourth-order valence-corrected chi connectivity index (χ4v) is 3.96. The molecule has 5 heteroatoms. The highest BCUT2D eigenvalue weighted by atomic mass is 16.1. The van der Waals surface area contributed by atoms with Gasteiger partial charge in [0.15, 0.2) is 0 Å². The minimum Gasteiger partial charge on any atom is -0.352 e. The van der Waals surface area contributed by atoms with Crippen molar-refractivity contribution >= 4 is 16.7 Å². The van der Waals surface area contributed by atoms with E-state index in [2.05, 4.69) is 39.3 Å². The van der Waals surface area contributed by atoms with Crippen LogP contribution in [0, 0.1) is 0 Å². The largest absolute Gasteiger partial charge is 0.352 e. The van der Waals surface area contributed by atoms with Crippen molar-refractivity contribution in [2.45, 2.75) is 6.42 Å². The van der Waals surface area contributed by atoms with Crippen molar-refractivity contribution in [3.8, 4) is 11.1 Å². The maximum absolute atomic E-state index is 12.9. The molecule has 5 nitrogen and oxygen atoms in total.